The summed E-state index contributed by atoms with van der Waals surface area (Å²) in [6.07, 6.45) is 9.76. The van der Waals surface area contributed by atoms with Gasteiger partial charge in [0.15, 0.2) is 0 Å². The lowest BCUT2D eigenvalue weighted by Crippen LogP contribution is -2.32. The van der Waals surface area contributed by atoms with Crippen LogP contribution in [0.25, 0.3) is 11.0 Å². The summed E-state index contributed by atoms with van der Waals surface area (Å²) >= 11 is 0. The second-order valence-electron chi connectivity index (χ2n) is 10.4. The maximum absolute atomic E-state index is 13.7. The summed E-state index contributed by atoms with van der Waals surface area (Å²) in [4.78, 5) is 30.1. The minimum Gasteiger partial charge on any atom is -0.369 e. The van der Waals surface area contributed by atoms with Crippen molar-refractivity contribution < 1.29 is 0 Å². The second kappa shape index (κ2) is 10.9. The van der Waals surface area contributed by atoms with Crippen molar-refractivity contribution in [2.45, 2.75) is 57.5 Å². The largest absolute Gasteiger partial charge is 0.369 e. The first-order chi connectivity index (χ1) is 18.7. The molecule has 1 saturated heterocycles. The molecule has 6 rings (SSSR count). The van der Waals surface area contributed by atoms with Gasteiger partial charge in [-0.2, -0.15) is 4.98 Å². The van der Waals surface area contributed by atoms with Gasteiger partial charge in [-0.3, -0.25) is 9.36 Å². The summed E-state index contributed by atoms with van der Waals surface area (Å²) in [6.45, 7) is 5.18. The number of pyridine rings is 2. The molecule has 0 bridgehead atoms. The maximum atomic E-state index is 13.7. The fourth-order valence-electron chi connectivity index (χ4n) is 5.89. The van der Waals surface area contributed by atoms with Crippen LogP contribution in [0.3, 0.4) is 0 Å². The molecule has 1 saturated carbocycles. The van der Waals surface area contributed by atoms with Crippen LogP contribution in [-0.4, -0.2) is 45.2 Å². The molecule has 1 aromatic carbocycles. The monoisotopic (exact) mass is 509 g/mol. The van der Waals surface area contributed by atoms with Gasteiger partial charge < -0.3 is 15.5 Å². The number of fused-ring (bicyclic) bond motifs is 1. The zero-order valence-electron chi connectivity index (χ0n) is 21.9. The molecule has 3 aromatic heterocycles. The Kier molecular flexibility index (Phi) is 7.05. The van der Waals surface area contributed by atoms with E-state index in [0.29, 0.717) is 29.9 Å². The Hall–Kier alpha value is -3.78. The lowest BCUT2D eigenvalue weighted by molar-refractivity contribution is 0.513. The average molecular weight is 510 g/mol. The molecule has 1 unspecified atom stereocenters. The number of likely N-dealkylation sites (N-methyl/N-ethyl adjacent to an activating group) is 1. The third-order valence-electron chi connectivity index (χ3n) is 7.81. The fourth-order valence-corrected chi connectivity index (χ4v) is 5.89. The zero-order chi connectivity index (χ0) is 25.9. The predicted octanol–water partition coefficient (Wildman–Crippen LogP) is 4.82. The van der Waals surface area contributed by atoms with Gasteiger partial charge >= 0.3 is 0 Å². The quantitative estimate of drug-likeness (QED) is 0.352. The molecule has 4 aromatic rings. The molecule has 1 atom stereocenters. The third-order valence-corrected chi connectivity index (χ3v) is 7.81. The van der Waals surface area contributed by atoms with Crippen LogP contribution in [0.1, 0.15) is 56.2 Å². The highest BCUT2D eigenvalue weighted by molar-refractivity contribution is 5.77. The first-order valence-corrected chi connectivity index (χ1v) is 13.8. The van der Waals surface area contributed by atoms with Crippen LogP contribution in [0.15, 0.2) is 65.7 Å². The number of hydrogen-bond donors (Lipinski definition) is 2. The Morgan fingerprint density at radius 2 is 1.84 bits per heavy atom. The number of hydrogen-bond acceptors (Lipinski definition) is 7. The van der Waals surface area contributed by atoms with Crippen molar-refractivity contribution in [3.63, 3.8) is 0 Å². The van der Waals surface area contributed by atoms with Gasteiger partial charge in [0.25, 0.3) is 5.56 Å². The van der Waals surface area contributed by atoms with Gasteiger partial charge in [-0.25, -0.2) is 9.97 Å². The first kappa shape index (κ1) is 24.6. The van der Waals surface area contributed by atoms with Crippen molar-refractivity contribution in [2.75, 3.05) is 29.9 Å². The molecule has 196 valence electrons. The number of nitrogens with one attached hydrogen (secondary N) is 2. The Morgan fingerprint density at radius 1 is 1.00 bits per heavy atom. The molecule has 0 spiro atoms. The van der Waals surface area contributed by atoms with Crippen LogP contribution < -0.4 is 21.1 Å². The van der Waals surface area contributed by atoms with E-state index < -0.39 is 0 Å². The number of nitrogens with zero attached hydrogens (tertiary/aromatic N) is 5. The summed E-state index contributed by atoms with van der Waals surface area (Å²) in [5.41, 5.74) is 3.79. The van der Waals surface area contributed by atoms with Crippen molar-refractivity contribution in [1.29, 1.82) is 0 Å². The van der Waals surface area contributed by atoms with E-state index in [0.717, 1.165) is 73.9 Å². The number of benzene rings is 1. The van der Waals surface area contributed by atoms with Crippen molar-refractivity contribution in [3.05, 3.63) is 82.4 Å². The lowest BCUT2D eigenvalue weighted by Gasteiger charge is -2.19. The summed E-state index contributed by atoms with van der Waals surface area (Å²) in [5, 5.41) is 7.68. The third kappa shape index (κ3) is 5.13. The van der Waals surface area contributed by atoms with Crippen molar-refractivity contribution >= 4 is 28.5 Å². The van der Waals surface area contributed by atoms with Crippen LogP contribution in [-0.2, 0) is 6.42 Å². The van der Waals surface area contributed by atoms with Gasteiger partial charge in [0.2, 0.25) is 5.95 Å². The smallest absolute Gasteiger partial charge is 0.256 e. The molecule has 0 radical (unpaired) electrons. The van der Waals surface area contributed by atoms with Gasteiger partial charge in [-0.1, -0.05) is 50.1 Å². The highest BCUT2D eigenvalue weighted by Crippen LogP contribution is 2.31. The molecule has 2 aliphatic rings. The second-order valence-corrected chi connectivity index (χ2v) is 10.4. The molecule has 38 heavy (non-hydrogen) atoms. The molecule has 2 N–H and O–H groups in total. The molecule has 1 aliphatic heterocycles. The van der Waals surface area contributed by atoms with E-state index >= 15 is 0 Å². The Bertz CT molecular complexity index is 1450. The average Bonchev–Trinajstić information content (AvgIpc) is 3.64. The molecular weight excluding hydrogens is 474 g/mol. The van der Waals surface area contributed by atoms with Crippen LogP contribution in [0, 0.1) is 0 Å². The highest BCUT2D eigenvalue weighted by atomic mass is 16.1. The van der Waals surface area contributed by atoms with E-state index in [1.54, 1.807) is 0 Å². The number of aromatic nitrogens is 4. The SMILES string of the molecule is CCNC1CCN(c2ccc(Nc3ncc4cc(Cc5ccccc5)c(=O)n(C5CCCC5)c4n3)nc2)C1. The van der Waals surface area contributed by atoms with Crippen molar-refractivity contribution in [1.82, 2.24) is 24.8 Å². The van der Waals surface area contributed by atoms with Crippen LogP contribution in [0.5, 0.6) is 0 Å². The standard InChI is InChI=1S/C30H35N7O/c1-2-31-24-14-15-36(20-24)26-12-13-27(32-19-26)34-30-33-18-23-17-22(16-21-8-4-3-5-9-21)29(38)37(28(23)35-30)25-10-6-7-11-25/h3-5,8-9,12-13,17-19,24-25,31H,2,6-7,10-11,14-16,20H2,1H3,(H,32,33,34,35). The Balaban J connectivity index is 1.27. The van der Waals surface area contributed by atoms with E-state index in [1.165, 1.54) is 0 Å². The van der Waals surface area contributed by atoms with Crippen LogP contribution in [0.2, 0.25) is 0 Å². The lowest BCUT2D eigenvalue weighted by atomic mass is 10.0. The Labute approximate surface area is 223 Å². The molecule has 4 heterocycles. The molecular formula is C30H35N7O. The van der Waals surface area contributed by atoms with Crippen LogP contribution in [0.4, 0.5) is 17.5 Å². The minimum atomic E-state index is 0.0573. The van der Waals surface area contributed by atoms with E-state index in [9.17, 15) is 4.79 Å². The summed E-state index contributed by atoms with van der Waals surface area (Å²) in [5.74, 6) is 1.14. The molecule has 8 heteroatoms. The molecule has 2 fully saturated rings. The molecule has 8 nitrogen and oxygen atoms in total. The van der Waals surface area contributed by atoms with Gasteiger partial charge in [-0.15, -0.1) is 0 Å². The topological polar surface area (TPSA) is 88.0 Å². The maximum Gasteiger partial charge on any atom is 0.256 e. The van der Waals surface area contributed by atoms with Gasteiger partial charge in [-0.05, 0) is 49.6 Å². The van der Waals surface area contributed by atoms with Crippen molar-refractivity contribution in [2.24, 2.45) is 0 Å². The first-order valence-electron chi connectivity index (χ1n) is 13.8. The summed E-state index contributed by atoms with van der Waals surface area (Å²) in [6, 6.07) is 16.9. The minimum absolute atomic E-state index is 0.0573. The van der Waals surface area contributed by atoms with E-state index in [1.807, 2.05) is 47.3 Å². The van der Waals surface area contributed by atoms with E-state index in [4.69, 9.17) is 4.98 Å². The zero-order valence-corrected chi connectivity index (χ0v) is 21.9. The molecule has 1 aliphatic carbocycles. The van der Waals surface area contributed by atoms with Gasteiger partial charge in [0, 0.05) is 48.7 Å². The predicted molar refractivity (Wildman–Crippen MR) is 152 cm³/mol. The molecule has 0 amide bonds. The number of rotatable bonds is 8. The fraction of sp³-hybridized carbons (Fsp3) is 0.400. The van der Waals surface area contributed by atoms with Crippen LogP contribution >= 0.6 is 0 Å². The van der Waals surface area contributed by atoms with E-state index in [-0.39, 0.29) is 11.6 Å². The van der Waals surface area contributed by atoms with Gasteiger partial charge in [0.1, 0.15) is 11.5 Å². The van der Waals surface area contributed by atoms with E-state index in [2.05, 4.69) is 50.6 Å². The normalized spacial score (nSPS) is 17.9. The highest BCUT2D eigenvalue weighted by Gasteiger charge is 2.24. The summed E-state index contributed by atoms with van der Waals surface area (Å²) in [7, 11) is 0. The van der Waals surface area contributed by atoms with Gasteiger partial charge in [0.05, 0.1) is 11.9 Å². The Morgan fingerprint density at radius 3 is 2.61 bits per heavy atom. The number of anilines is 3. The van der Waals surface area contributed by atoms with Crippen molar-refractivity contribution in [3.8, 4) is 0 Å². The summed E-state index contributed by atoms with van der Waals surface area (Å²) < 4.78 is 1.93.